The zero-order valence-corrected chi connectivity index (χ0v) is 17.9. The molecule has 1 fully saturated rings. The quantitative estimate of drug-likeness (QED) is 0.460. The number of halogens is 1. The van der Waals surface area contributed by atoms with Crippen molar-refractivity contribution in [2.24, 2.45) is 0 Å². The van der Waals surface area contributed by atoms with Crippen LogP contribution in [0.15, 0.2) is 57.9 Å². The van der Waals surface area contributed by atoms with E-state index in [1.165, 1.54) is 16.7 Å². The summed E-state index contributed by atoms with van der Waals surface area (Å²) >= 11 is 9.80. The largest absolute Gasteiger partial charge is 0.488 e. The molecule has 1 saturated heterocycles. The van der Waals surface area contributed by atoms with Gasteiger partial charge < -0.3 is 9.84 Å². The molecule has 3 rings (SSSR count). The van der Waals surface area contributed by atoms with E-state index < -0.39 is 5.97 Å². The van der Waals surface area contributed by atoms with Crippen LogP contribution in [0.25, 0.3) is 6.08 Å². The third-order valence-electron chi connectivity index (χ3n) is 3.94. The van der Waals surface area contributed by atoms with Crippen LogP contribution < -0.4 is 4.74 Å². The number of aliphatic carboxylic acids is 1. The highest BCUT2D eigenvalue weighted by Crippen LogP contribution is 2.34. The molecule has 0 spiro atoms. The number of nitrogens with zero attached hydrogens (tertiary/aromatic N) is 1. The van der Waals surface area contributed by atoms with Crippen molar-refractivity contribution in [1.29, 1.82) is 0 Å². The first-order valence-corrected chi connectivity index (χ1v) is 10.4. The third-order valence-corrected chi connectivity index (χ3v) is 5.84. The SMILES string of the molecule is O=C(O)CCN1C(=O)/C(=C\c2ccccc2OCc2ccc(Br)cc2)SC1=S. The second kappa shape index (κ2) is 9.36. The van der Waals surface area contributed by atoms with Crippen LogP contribution in [-0.2, 0) is 16.2 Å². The lowest BCUT2D eigenvalue weighted by molar-refractivity contribution is -0.137. The van der Waals surface area contributed by atoms with Gasteiger partial charge in [0.25, 0.3) is 5.91 Å². The molecule has 1 amide bonds. The third kappa shape index (κ3) is 5.21. The summed E-state index contributed by atoms with van der Waals surface area (Å²) in [5, 5.41) is 8.83. The molecule has 8 heteroatoms. The van der Waals surface area contributed by atoms with E-state index in [4.69, 9.17) is 22.1 Å². The van der Waals surface area contributed by atoms with Gasteiger partial charge in [0.2, 0.25) is 0 Å². The number of amides is 1. The van der Waals surface area contributed by atoms with Gasteiger partial charge in [-0.15, -0.1) is 0 Å². The summed E-state index contributed by atoms with van der Waals surface area (Å²) < 4.78 is 7.30. The maximum Gasteiger partial charge on any atom is 0.305 e. The number of carbonyl (C=O) groups excluding carboxylic acids is 1. The van der Waals surface area contributed by atoms with E-state index in [1.807, 2.05) is 48.5 Å². The number of ether oxygens (including phenoxy) is 1. The molecule has 0 radical (unpaired) electrons. The van der Waals surface area contributed by atoms with E-state index in [0.717, 1.165) is 15.6 Å². The van der Waals surface area contributed by atoms with E-state index in [0.29, 0.717) is 21.6 Å². The Morgan fingerprint density at radius 1 is 1.21 bits per heavy atom. The molecule has 0 aromatic heterocycles. The second-order valence-electron chi connectivity index (χ2n) is 5.93. The van der Waals surface area contributed by atoms with E-state index in [-0.39, 0.29) is 18.9 Å². The number of carbonyl (C=O) groups is 2. The van der Waals surface area contributed by atoms with Crippen LogP contribution in [0.3, 0.4) is 0 Å². The summed E-state index contributed by atoms with van der Waals surface area (Å²) in [5.74, 6) is -0.593. The normalized spacial score (nSPS) is 15.3. The molecule has 5 nitrogen and oxygen atoms in total. The van der Waals surface area contributed by atoms with Crippen LogP contribution >= 0.6 is 39.9 Å². The molecule has 0 saturated carbocycles. The average Bonchev–Trinajstić information content (AvgIpc) is 2.93. The predicted molar refractivity (Wildman–Crippen MR) is 117 cm³/mol. The molecular weight excluding hydrogens is 462 g/mol. The number of carboxylic acids is 1. The van der Waals surface area contributed by atoms with Crippen molar-refractivity contribution < 1.29 is 19.4 Å². The van der Waals surface area contributed by atoms with E-state index in [1.54, 1.807) is 6.08 Å². The Morgan fingerprint density at radius 3 is 2.64 bits per heavy atom. The maximum atomic E-state index is 12.6. The van der Waals surface area contributed by atoms with Crippen LogP contribution in [0, 0.1) is 0 Å². The fourth-order valence-electron chi connectivity index (χ4n) is 2.51. The van der Waals surface area contributed by atoms with Gasteiger partial charge in [-0.1, -0.05) is 70.2 Å². The Kier molecular flexibility index (Phi) is 6.88. The Bertz CT molecular complexity index is 943. The van der Waals surface area contributed by atoms with Crippen molar-refractivity contribution >= 4 is 62.2 Å². The molecule has 1 N–H and O–H groups in total. The molecule has 28 heavy (non-hydrogen) atoms. The minimum absolute atomic E-state index is 0.0685. The van der Waals surface area contributed by atoms with Crippen molar-refractivity contribution in [1.82, 2.24) is 4.90 Å². The van der Waals surface area contributed by atoms with Crippen molar-refractivity contribution in [2.75, 3.05) is 6.54 Å². The number of benzene rings is 2. The first-order chi connectivity index (χ1) is 13.4. The van der Waals surface area contributed by atoms with Crippen molar-refractivity contribution in [3.63, 3.8) is 0 Å². The van der Waals surface area contributed by atoms with E-state index >= 15 is 0 Å². The lowest BCUT2D eigenvalue weighted by atomic mass is 10.1. The summed E-state index contributed by atoms with van der Waals surface area (Å²) in [7, 11) is 0. The fourth-order valence-corrected chi connectivity index (χ4v) is 4.08. The molecule has 1 aliphatic heterocycles. The Morgan fingerprint density at radius 2 is 1.93 bits per heavy atom. The lowest BCUT2D eigenvalue weighted by Crippen LogP contribution is -2.30. The molecule has 0 aliphatic carbocycles. The molecule has 2 aromatic carbocycles. The monoisotopic (exact) mass is 477 g/mol. The average molecular weight is 478 g/mol. The van der Waals surface area contributed by atoms with Gasteiger partial charge >= 0.3 is 5.97 Å². The van der Waals surface area contributed by atoms with E-state index in [2.05, 4.69) is 15.9 Å². The number of hydrogen-bond donors (Lipinski definition) is 1. The summed E-state index contributed by atoms with van der Waals surface area (Å²) in [5.41, 5.74) is 1.79. The van der Waals surface area contributed by atoms with Gasteiger partial charge in [-0.2, -0.15) is 0 Å². The molecule has 0 unspecified atom stereocenters. The van der Waals surface area contributed by atoms with Crippen molar-refractivity contribution in [3.8, 4) is 5.75 Å². The zero-order chi connectivity index (χ0) is 20.1. The Hall–Kier alpha value is -2.16. The van der Waals surface area contributed by atoms with Gasteiger partial charge in [0, 0.05) is 16.6 Å². The molecule has 144 valence electrons. The number of hydrogen-bond acceptors (Lipinski definition) is 5. The van der Waals surface area contributed by atoms with Gasteiger partial charge in [-0.25, -0.2) is 0 Å². The number of thioether (sulfide) groups is 1. The molecule has 0 bridgehead atoms. The fraction of sp³-hybridized carbons (Fsp3) is 0.150. The molecule has 2 aromatic rings. The number of para-hydroxylation sites is 1. The van der Waals surface area contributed by atoms with Crippen LogP contribution in [0.1, 0.15) is 17.5 Å². The summed E-state index contributed by atoms with van der Waals surface area (Å²) in [4.78, 5) is 25.1. The number of carboxylic acid groups (broad SMARTS) is 1. The highest BCUT2D eigenvalue weighted by atomic mass is 79.9. The standard InChI is InChI=1S/C20H16BrNO4S2/c21-15-7-5-13(6-8-15)12-26-16-4-2-1-3-14(16)11-17-19(25)22(20(27)28-17)10-9-18(23)24/h1-8,11H,9-10,12H2,(H,23,24)/b17-11+. The first kappa shape index (κ1) is 20.6. The molecule has 0 atom stereocenters. The Balaban J connectivity index is 1.75. The predicted octanol–water partition coefficient (Wildman–Crippen LogP) is 4.70. The molecular formula is C20H16BrNO4S2. The summed E-state index contributed by atoms with van der Waals surface area (Å²) in [6, 6.07) is 15.3. The first-order valence-electron chi connectivity index (χ1n) is 8.37. The second-order valence-corrected chi connectivity index (χ2v) is 8.52. The zero-order valence-electron chi connectivity index (χ0n) is 14.6. The summed E-state index contributed by atoms with van der Waals surface area (Å²) in [6.07, 6.45) is 1.59. The van der Waals surface area contributed by atoms with Crippen LogP contribution in [0.2, 0.25) is 0 Å². The molecule has 1 heterocycles. The smallest absolute Gasteiger partial charge is 0.305 e. The lowest BCUT2D eigenvalue weighted by Gasteiger charge is -2.12. The highest BCUT2D eigenvalue weighted by molar-refractivity contribution is 9.10. The van der Waals surface area contributed by atoms with Gasteiger partial charge in [0.05, 0.1) is 11.3 Å². The van der Waals surface area contributed by atoms with Gasteiger partial charge in [0.15, 0.2) is 0 Å². The van der Waals surface area contributed by atoms with Crippen LogP contribution in [0.4, 0.5) is 0 Å². The maximum absolute atomic E-state index is 12.6. The Labute approximate surface area is 180 Å². The number of thiocarbonyl (C=S) groups is 1. The minimum atomic E-state index is -0.968. The van der Waals surface area contributed by atoms with Crippen molar-refractivity contribution in [2.45, 2.75) is 13.0 Å². The van der Waals surface area contributed by atoms with Gasteiger partial charge in [-0.05, 0) is 29.8 Å². The summed E-state index contributed by atoms with van der Waals surface area (Å²) in [6.45, 7) is 0.469. The van der Waals surface area contributed by atoms with E-state index in [9.17, 15) is 9.59 Å². The van der Waals surface area contributed by atoms with Crippen LogP contribution in [-0.4, -0.2) is 32.7 Å². The molecule has 1 aliphatic rings. The topological polar surface area (TPSA) is 66.8 Å². The number of rotatable bonds is 7. The van der Waals surface area contributed by atoms with Gasteiger partial charge in [0.1, 0.15) is 16.7 Å². The van der Waals surface area contributed by atoms with Crippen molar-refractivity contribution in [3.05, 3.63) is 69.0 Å². The van der Waals surface area contributed by atoms with Crippen LogP contribution in [0.5, 0.6) is 5.75 Å². The minimum Gasteiger partial charge on any atom is -0.488 e. The van der Waals surface area contributed by atoms with Gasteiger partial charge in [-0.3, -0.25) is 14.5 Å². The highest BCUT2D eigenvalue weighted by Gasteiger charge is 2.32.